The van der Waals surface area contributed by atoms with Crippen molar-refractivity contribution in [2.75, 3.05) is 7.11 Å². The SMILES string of the molecule is COC(=O)Cc1cc(Cc2ccccc2)c(O)c(Cc2ccccc2)c1. The van der Waals surface area contributed by atoms with Crippen LogP contribution in [0, 0.1) is 0 Å². The first kappa shape index (κ1) is 17.7. The molecule has 0 saturated heterocycles. The van der Waals surface area contributed by atoms with Gasteiger partial charge in [0.25, 0.3) is 0 Å². The van der Waals surface area contributed by atoms with Crippen molar-refractivity contribution in [1.29, 1.82) is 0 Å². The third-order valence-corrected chi connectivity index (χ3v) is 4.38. The minimum Gasteiger partial charge on any atom is -0.507 e. The zero-order chi connectivity index (χ0) is 18.4. The number of esters is 1. The standard InChI is InChI=1S/C23H22O3/c1-26-22(24)16-19-14-20(12-17-8-4-2-5-9-17)23(25)21(15-19)13-18-10-6-3-7-11-18/h2-11,14-15,25H,12-13,16H2,1H3. The van der Waals surface area contributed by atoms with Gasteiger partial charge in [0.15, 0.2) is 0 Å². The van der Waals surface area contributed by atoms with Crippen molar-refractivity contribution in [2.24, 2.45) is 0 Å². The summed E-state index contributed by atoms with van der Waals surface area (Å²) < 4.78 is 4.80. The minimum atomic E-state index is -0.285. The Hall–Kier alpha value is -3.07. The quantitative estimate of drug-likeness (QED) is 0.677. The topological polar surface area (TPSA) is 46.5 Å². The van der Waals surface area contributed by atoms with Crippen LogP contribution in [0.2, 0.25) is 0 Å². The van der Waals surface area contributed by atoms with E-state index >= 15 is 0 Å². The molecule has 0 aliphatic rings. The second-order valence-electron chi connectivity index (χ2n) is 6.34. The fourth-order valence-corrected chi connectivity index (χ4v) is 3.07. The highest BCUT2D eigenvalue weighted by Gasteiger charge is 2.13. The van der Waals surface area contributed by atoms with Crippen molar-refractivity contribution < 1.29 is 14.6 Å². The number of aromatic hydroxyl groups is 1. The lowest BCUT2D eigenvalue weighted by Gasteiger charge is -2.13. The Kier molecular flexibility index (Phi) is 5.69. The minimum absolute atomic E-state index is 0.195. The predicted octanol–water partition coefficient (Wildman–Crippen LogP) is 4.29. The molecule has 132 valence electrons. The van der Waals surface area contributed by atoms with Crippen molar-refractivity contribution in [1.82, 2.24) is 0 Å². The van der Waals surface area contributed by atoms with Crippen molar-refractivity contribution in [3.05, 3.63) is 101 Å². The van der Waals surface area contributed by atoms with Gasteiger partial charge in [-0.3, -0.25) is 4.79 Å². The highest BCUT2D eigenvalue weighted by Crippen LogP contribution is 2.29. The summed E-state index contributed by atoms with van der Waals surface area (Å²) in [4.78, 5) is 11.7. The van der Waals surface area contributed by atoms with E-state index in [4.69, 9.17) is 4.74 Å². The van der Waals surface area contributed by atoms with Crippen molar-refractivity contribution in [2.45, 2.75) is 19.3 Å². The molecule has 0 unspecified atom stereocenters. The van der Waals surface area contributed by atoms with Gasteiger partial charge in [0.05, 0.1) is 13.5 Å². The summed E-state index contributed by atoms with van der Waals surface area (Å²) in [5.41, 5.74) is 4.73. The van der Waals surface area contributed by atoms with Gasteiger partial charge >= 0.3 is 5.97 Å². The first-order valence-corrected chi connectivity index (χ1v) is 8.64. The van der Waals surface area contributed by atoms with E-state index in [1.807, 2.05) is 72.8 Å². The van der Waals surface area contributed by atoms with Gasteiger partial charge in [-0.15, -0.1) is 0 Å². The highest BCUT2D eigenvalue weighted by molar-refractivity contribution is 5.72. The molecular formula is C23H22O3. The molecule has 0 saturated carbocycles. The molecule has 0 heterocycles. The van der Waals surface area contributed by atoms with Gasteiger partial charge in [0.1, 0.15) is 5.75 Å². The van der Waals surface area contributed by atoms with E-state index in [0.717, 1.165) is 27.8 Å². The van der Waals surface area contributed by atoms with E-state index in [1.54, 1.807) is 0 Å². The Labute approximate surface area is 153 Å². The number of methoxy groups -OCH3 is 1. The molecule has 3 rings (SSSR count). The van der Waals surface area contributed by atoms with Crippen molar-refractivity contribution in [3.8, 4) is 5.75 Å². The summed E-state index contributed by atoms with van der Waals surface area (Å²) in [6.07, 6.45) is 1.42. The molecule has 3 nitrogen and oxygen atoms in total. The second-order valence-corrected chi connectivity index (χ2v) is 6.34. The van der Waals surface area contributed by atoms with Gasteiger partial charge in [-0.25, -0.2) is 0 Å². The van der Waals surface area contributed by atoms with Crippen LogP contribution in [0.15, 0.2) is 72.8 Å². The zero-order valence-electron chi connectivity index (χ0n) is 14.8. The zero-order valence-corrected chi connectivity index (χ0v) is 14.8. The largest absolute Gasteiger partial charge is 0.507 e. The Morgan fingerprint density at radius 3 is 1.69 bits per heavy atom. The van der Waals surface area contributed by atoms with E-state index in [1.165, 1.54) is 7.11 Å². The molecule has 3 aromatic rings. The molecule has 0 bridgehead atoms. The Bertz CT molecular complexity index is 808. The van der Waals surface area contributed by atoms with Crippen LogP contribution >= 0.6 is 0 Å². The molecule has 0 aliphatic heterocycles. The number of hydrogen-bond acceptors (Lipinski definition) is 3. The molecule has 0 aliphatic carbocycles. The maximum Gasteiger partial charge on any atom is 0.309 e. The molecule has 0 atom stereocenters. The van der Waals surface area contributed by atoms with Crippen LogP contribution in [0.5, 0.6) is 5.75 Å². The predicted molar refractivity (Wildman–Crippen MR) is 102 cm³/mol. The number of rotatable bonds is 6. The third kappa shape index (κ3) is 4.51. The Morgan fingerprint density at radius 2 is 1.27 bits per heavy atom. The van der Waals surface area contributed by atoms with Crippen LogP contribution in [0.25, 0.3) is 0 Å². The highest BCUT2D eigenvalue weighted by atomic mass is 16.5. The first-order chi connectivity index (χ1) is 12.7. The monoisotopic (exact) mass is 346 g/mol. The summed E-state index contributed by atoms with van der Waals surface area (Å²) in [7, 11) is 1.39. The summed E-state index contributed by atoms with van der Waals surface area (Å²) in [6.45, 7) is 0. The summed E-state index contributed by atoms with van der Waals surface area (Å²) in [5, 5.41) is 10.8. The van der Waals surface area contributed by atoms with Gasteiger partial charge < -0.3 is 9.84 Å². The lowest BCUT2D eigenvalue weighted by atomic mass is 9.94. The van der Waals surface area contributed by atoms with E-state index in [-0.39, 0.29) is 12.4 Å². The number of ether oxygens (including phenoxy) is 1. The number of carbonyl (C=O) groups excluding carboxylic acids is 1. The van der Waals surface area contributed by atoms with E-state index in [9.17, 15) is 9.90 Å². The lowest BCUT2D eigenvalue weighted by molar-refractivity contribution is -0.139. The molecule has 0 fully saturated rings. The molecule has 26 heavy (non-hydrogen) atoms. The number of carbonyl (C=O) groups is 1. The third-order valence-electron chi connectivity index (χ3n) is 4.38. The number of phenols is 1. The fraction of sp³-hybridized carbons (Fsp3) is 0.174. The van der Waals surface area contributed by atoms with Crippen molar-refractivity contribution >= 4 is 5.97 Å². The molecule has 3 heteroatoms. The fourth-order valence-electron chi connectivity index (χ4n) is 3.07. The van der Waals surface area contributed by atoms with E-state index in [2.05, 4.69) is 0 Å². The average molecular weight is 346 g/mol. The molecule has 0 spiro atoms. The molecule has 1 N–H and O–H groups in total. The second kappa shape index (κ2) is 8.34. The Balaban J connectivity index is 1.97. The van der Waals surface area contributed by atoms with Gasteiger partial charge in [0.2, 0.25) is 0 Å². The van der Waals surface area contributed by atoms with E-state index in [0.29, 0.717) is 18.6 Å². The summed E-state index contributed by atoms with van der Waals surface area (Å²) in [6, 6.07) is 23.8. The molecule has 0 amide bonds. The number of phenolic OH excluding ortho intramolecular Hbond substituents is 1. The van der Waals surface area contributed by atoms with Crippen LogP contribution < -0.4 is 0 Å². The van der Waals surface area contributed by atoms with E-state index < -0.39 is 0 Å². The van der Waals surface area contributed by atoms with Crippen LogP contribution in [0.4, 0.5) is 0 Å². The van der Waals surface area contributed by atoms with Crippen molar-refractivity contribution in [3.63, 3.8) is 0 Å². The van der Waals surface area contributed by atoms with Crippen LogP contribution in [-0.2, 0) is 28.8 Å². The first-order valence-electron chi connectivity index (χ1n) is 8.64. The molecular weight excluding hydrogens is 324 g/mol. The molecule has 0 aromatic heterocycles. The number of benzene rings is 3. The summed E-state index contributed by atoms with van der Waals surface area (Å²) in [5.74, 6) is 0.0123. The van der Waals surface area contributed by atoms with Crippen LogP contribution in [0.1, 0.15) is 27.8 Å². The van der Waals surface area contributed by atoms with Gasteiger partial charge in [-0.2, -0.15) is 0 Å². The molecule has 3 aromatic carbocycles. The molecule has 0 radical (unpaired) electrons. The van der Waals surface area contributed by atoms with Crippen LogP contribution in [-0.4, -0.2) is 18.2 Å². The van der Waals surface area contributed by atoms with Gasteiger partial charge in [0, 0.05) is 12.8 Å². The smallest absolute Gasteiger partial charge is 0.309 e. The lowest BCUT2D eigenvalue weighted by Crippen LogP contribution is -2.06. The normalized spacial score (nSPS) is 10.5. The maximum absolute atomic E-state index is 11.7. The summed E-state index contributed by atoms with van der Waals surface area (Å²) >= 11 is 0. The van der Waals surface area contributed by atoms with Gasteiger partial charge in [-0.1, -0.05) is 72.8 Å². The van der Waals surface area contributed by atoms with Gasteiger partial charge in [-0.05, 0) is 27.8 Å². The van der Waals surface area contributed by atoms with Crippen LogP contribution in [0.3, 0.4) is 0 Å². The average Bonchev–Trinajstić information content (AvgIpc) is 2.67. The Morgan fingerprint density at radius 1 is 0.808 bits per heavy atom. The maximum atomic E-state index is 11.7. The number of hydrogen-bond donors (Lipinski definition) is 1.